The highest BCUT2D eigenvalue weighted by atomic mass is 16.5. The van der Waals surface area contributed by atoms with E-state index in [9.17, 15) is 14.4 Å². The first kappa shape index (κ1) is 28.5. The second-order valence-electron chi connectivity index (χ2n) is 10.2. The van der Waals surface area contributed by atoms with E-state index in [1.54, 1.807) is 20.1 Å². The molecule has 10 heteroatoms. The van der Waals surface area contributed by atoms with Crippen molar-refractivity contribution in [1.82, 2.24) is 20.9 Å². The average Bonchev–Trinajstić information content (AvgIpc) is 3.53. The van der Waals surface area contributed by atoms with Crippen molar-refractivity contribution in [3.63, 3.8) is 0 Å². The zero-order valence-electron chi connectivity index (χ0n) is 23.1. The van der Waals surface area contributed by atoms with Crippen molar-refractivity contribution >= 4 is 17.7 Å². The molecule has 10 nitrogen and oxygen atoms in total. The normalized spacial score (nSPS) is 21.8. The van der Waals surface area contributed by atoms with Crippen LogP contribution >= 0.6 is 0 Å². The Bertz CT molecular complexity index is 1160. The number of methoxy groups -OCH3 is 1. The molecule has 212 valence electrons. The lowest BCUT2D eigenvalue weighted by Gasteiger charge is -2.23. The fraction of sp³-hybridized carbons (Fsp3) is 0.552. The maximum atomic E-state index is 13.3. The summed E-state index contributed by atoms with van der Waals surface area (Å²) in [7, 11) is 1.59. The molecular weight excluding hydrogens is 500 g/mol. The fourth-order valence-corrected chi connectivity index (χ4v) is 5.07. The summed E-state index contributed by atoms with van der Waals surface area (Å²) in [6, 6.07) is 7.15. The van der Waals surface area contributed by atoms with E-state index in [0.717, 1.165) is 18.4 Å². The topological polar surface area (TPSA) is 122 Å². The first-order chi connectivity index (χ1) is 18.8. The molecule has 2 atom stereocenters. The lowest BCUT2D eigenvalue weighted by Crippen LogP contribution is -2.41. The maximum Gasteiger partial charge on any atom is 0.257 e. The summed E-state index contributed by atoms with van der Waals surface area (Å²) in [5.74, 6) is 2.38. The monoisotopic (exact) mass is 540 g/mol. The Morgan fingerprint density at radius 2 is 1.82 bits per heavy atom. The van der Waals surface area contributed by atoms with Gasteiger partial charge in [0, 0.05) is 45.6 Å². The quantitative estimate of drug-likeness (QED) is 0.535. The molecular formula is C29H40N4O6. The van der Waals surface area contributed by atoms with Gasteiger partial charge in [-0.2, -0.15) is 0 Å². The minimum absolute atomic E-state index is 0.0329. The molecule has 0 aliphatic carbocycles. The Kier molecular flexibility index (Phi) is 9.86. The lowest BCUT2D eigenvalue weighted by molar-refractivity contribution is -0.123. The molecule has 0 radical (unpaired) electrons. The number of carbonyl (C=O) groups excluding carboxylic acids is 3. The Balaban J connectivity index is 1.43. The molecule has 3 aliphatic heterocycles. The van der Waals surface area contributed by atoms with Gasteiger partial charge in [-0.3, -0.25) is 14.4 Å². The van der Waals surface area contributed by atoms with Crippen molar-refractivity contribution in [3.05, 3.63) is 46.9 Å². The van der Waals surface area contributed by atoms with E-state index in [1.165, 1.54) is 0 Å². The summed E-state index contributed by atoms with van der Waals surface area (Å²) in [6.45, 7) is 6.26. The van der Waals surface area contributed by atoms with Crippen LogP contribution in [0.4, 0.5) is 0 Å². The van der Waals surface area contributed by atoms with E-state index in [-0.39, 0.29) is 29.9 Å². The zero-order chi connectivity index (χ0) is 27.8. The van der Waals surface area contributed by atoms with Crippen LogP contribution in [0.2, 0.25) is 0 Å². The van der Waals surface area contributed by atoms with E-state index < -0.39 is 0 Å². The molecule has 2 aromatic rings. The summed E-state index contributed by atoms with van der Waals surface area (Å²) in [5.41, 5.74) is 1.54. The molecule has 0 unspecified atom stereocenters. The fourth-order valence-electron chi connectivity index (χ4n) is 5.07. The van der Waals surface area contributed by atoms with Crippen molar-refractivity contribution in [2.45, 2.75) is 64.5 Å². The Hall–Kier alpha value is -3.53. The largest absolute Gasteiger partial charge is 0.493 e. The van der Waals surface area contributed by atoms with Crippen LogP contribution in [0.5, 0.6) is 11.5 Å². The van der Waals surface area contributed by atoms with Crippen LogP contribution in [0.3, 0.4) is 0 Å². The third kappa shape index (κ3) is 7.75. The number of amides is 3. The highest BCUT2D eigenvalue weighted by molar-refractivity contribution is 5.95. The first-order valence-corrected chi connectivity index (χ1v) is 13.8. The van der Waals surface area contributed by atoms with Gasteiger partial charge in [-0.05, 0) is 63.3 Å². The van der Waals surface area contributed by atoms with Crippen LogP contribution in [-0.2, 0) is 16.0 Å². The van der Waals surface area contributed by atoms with Gasteiger partial charge in [-0.1, -0.05) is 6.07 Å². The van der Waals surface area contributed by atoms with Gasteiger partial charge in [0.15, 0.2) is 11.5 Å². The first-order valence-electron chi connectivity index (χ1n) is 13.8. The number of rotatable bonds is 2. The van der Waals surface area contributed by atoms with Crippen molar-refractivity contribution in [1.29, 1.82) is 0 Å². The summed E-state index contributed by atoms with van der Waals surface area (Å²) in [5, 5.41) is 9.23. The SMILES string of the molecule is COc1cc2ccc1O[C@@H]1CN[C@@H](C1)C(=O)NCCCCN(C(=O)c1cc(C)oc1C)CCCNC(=O)CC2. The van der Waals surface area contributed by atoms with E-state index in [2.05, 4.69) is 16.0 Å². The molecule has 4 heterocycles. The van der Waals surface area contributed by atoms with Gasteiger partial charge >= 0.3 is 0 Å². The van der Waals surface area contributed by atoms with Gasteiger partial charge in [0.2, 0.25) is 11.8 Å². The van der Waals surface area contributed by atoms with Crippen LogP contribution in [0.25, 0.3) is 0 Å². The number of ether oxygens (including phenoxy) is 2. The summed E-state index contributed by atoms with van der Waals surface area (Å²) >= 11 is 0. The molecule has 1 aromatic heterocycles. The summed E-state index contributed by atoms with van der Waals surface area (Å²) < 4.78 is 17.3. The standard InChI is InChI=1S/C29H40N4O6/c1-19-15-23(20(2)38-19)29(36)33-13-5-4-11-31-28(35)24-17-22(18-32-24)39-25-9-7-21(16-26(25)37-3)8-10-27(34)30-12-6-14-33/h7,9,15-16,22,24,32H,4-6,8,10-14,17-18H2,1-3H3,(H,30,34)(H,31,35)/t22-,24-/m0/s1. The number of carbonyl (C=O) groups is 3. The minimum Gasteiger partial charge on any atom is -0.493 e. The number of furan rings is 1. The molecule has 0 spiro atoms. The number of fused-ring (bicyclic) bond motifs is 15. The van der Waals surface area contributed by atoms with E-state index in [4.69, 9.17) is 13.9 Å². The average molecular weight is 541 g/mol. The molecule has 3 aliphatic rings. The molecule has 3 N–H and O–H groups in total. The molecule has 4 bridgehead atoms. The number of benzene rings is 1. The summed E-state index contributed by atoms with van der Waals surface area (Å²) in [6.07, 6.45) is 3.45. The van der Waals surface area contributed by atoms with Gasteiger partial charge in [-0.25, -0.2) is 0 Å². The number of nitrogens with zero attached hydrogens (tertiary/aromatic N) is 1. The summed E-state index contributed by atoms with van der Waals surface area (Å²) in [4.78, 5) is 40.3. The number of hydrogen-bond donors (Lipinski definition) is 3. The van der Waals surface area contributed by atoms with Gasteiger partial charge in [0.25, 0.3) is 5.91 Å². The van der Waals surface area contributed by atoms with Crippen molar-refractivity contribution in [3.8, 4) is 11.5 Å². The van der Waals surface area contributed by atoms with Crippen LogP contribution in [-0.4, -0.2) is 74.6 Å². The third-order valence-corrected chi connectivity index (χ3v) is 7.21. The number of aryl methyl sites for hydroxylation is 3. The molecule has 5 rings (SSSR count). The second kappa shape index (κ2) is 13.5. The van der Waals surface area contributed by atoms with Crippen LogP contribution in [0.15, 0.2) is 28.7 Å². The smallest absolute Gasteiger partial charge is 0.257 e. The minimum atomic E-state index is -0.318. The second-order valence-corrected chi connectivity index (χ2v) is 10.2. The highest BCUT2D eigenvalue weighted by Crippen LogP contribution is 2.30. The van der Waals surface area contributed by atoms with Crippen molar-refractivity contribution in [2.24, 2.45) is 0 Å². The maximum absolute atomic E-state index is 13.3. The van der Waals surface area contributed by atoms with Gasteiger partial charge in [0.05, 0.1) is 18.7 Å². The van der Waals surface area contributed by atoms with Crippen LogP contribution in [0.1, 0.15) is 59.5 Å². The van der Waals surface area contributed by atoms with E-state index in [1.807, 2.05) is 30.0 Å². The van der Waals surface area contributed by atoms with Crippen molar-refractivity contribution in [2.75, 3.05) is 39.8 Å². The molecule has 0 saturated carbocycles. The van der Waals surface area contributed by atoms with E-state index in [0.29, 0.717) is 87.0 Å². The van der Waals surface area contributed by atoms with E-state index >= 15 is 0 Å². The zero-order valence-corrected chi connectivity index (χ0v) is 23.1. The highest BCUT2D eigenvalue weighted by Gasteiger charge is 2.31. The molecule has 3 amide bonds. The van der Waals surface area contributed by atoms with Gasteiger partial charge in [0.1, 0.15) is 17.6 Å². The molecule has 1 aromatic carbocycles. The predicted molar refractivity (Wildman–Crippen MR) is 146 cm³/mol. The third-order valence-electron chi connectivity index (χ3n) is 7.21. The number of hydrogen-bond acceptors (Lipinski definition) is 7. The molecule has 39 heavy (non-hydrogen) atoms. The van der Waals surface area contributed by atoms with Gasteiger partial charge in [-0.15, -0.1) is 0 Å². The van der Waals surface area contributed by atoms with Crippen molar-refractivity contribution < 1.29 is 28.3 Å². The predicted octanol–water partition coefficient (Wildman–Crippen LogP) is 2.51. The lowest BCUT2D eigenvalue weighted by atomic mass is 10.1. The van der Waals surface area contributed by atoms with Crippen LogP contribution < -0.4 is 25.4 Å². The Morgan fingerprint density at radius 3 is 2.59 bits per heavy atom. The molecule has 1 fully saturated rings. The Labute approximate surface area is 229 Å². The number of nitrogens with one attached hydrogen (secondary N) is 3. The molecule has 1 saturated heterocycles. The van der Waals surface area contributed by atoms with Gasteiger partial charge < -0.3 is 34.7 Å². The van der Waals surface area contributed by atoms with Crippen LogP contribution in [0, 0.1) is 13.8 Å². The Morgan fingerprint density at radius 1 is 1.03 bits per heavy atom.